The maximum absolute atomic E-state index is 13.9. The highest BCUT2D eigenvalue weighted by molar-refractivity contribution is 9.11. The van der Waals surface area contributed by atoms with Gasteiger partial charge in [0.25, 0.3) is 0 Å². The van der Waals surface area contributed by atoms with Crippen molar-refractivity contribution in [1.82, 2.24) is 0 Å². The number of hydrogen-bond acceptors (Lipinski definition) is 1. The van der Waals surface area contributed by atoms with E-state index in [1.165, 1.54) is 22.3 Å². The van der Waals surface area contributed by atoms with Crippen LogP contribution in [-0.2, 0) is 21.7 Å². The minimum Gasteiger partial charge on any atom is -0.289 e. The van der Waals surface area contributed by atoms with E-state index in [1.807, 2.05) is 0 Å². The van der Waals surface area contributed by atoms with E-state index in [0.717, 1.165) is 45.8 Å². The van der Waals surface area contributed by atoms with Crippen molar-refractivity contribution in [3.63, 3.8) is 0 Å². The van der Waals surface area contributed by atoms with Crippen molar-refractivity contribution in [1.29, 1.82) is 0 Å². The first kappa shape index (κ1) is 24.2. The summed E-state index contributed by atoms with van der Waals surface area (Å²) in [6.07, 6.45) is 4.59. The number of benzene rings is 2. The van der Waals surface area contributed by atoms with E-state index >= 15 is 0 Å². The van der Waals surface area contributed by atoms with Crippen LogP contribution in [-0.4, -0.2) is 5.78 Å². The Balaban J connectivity index is 1.88. The Morgan fingerprint density at radius 1 is 0.562 bits per heavy atom. The normalized spacial score (nSPS) is 22.1. The summed E-state index contributed by atoms with van der Waals surface area (Å²) in [6.45, 7) is 18.5. The summed E-state index contributed by atoms with van der Waals surface area (Å²) in [7, 11) is 0. The molecule has 0 saturated carbocycles. The lowest BCUT2D eigenvalue weighted by molar-refractivity contribution is 0.103. The van der Waals surface area contributed by atoms with E-state index in [9.17, 15) is 4.79 Å². The summed E-state index contributed by atoms with van der Waals surface area (Å²) in [5, 5.41) is 0. The molecule has 0 unspecified atom stereocenters. The third-order valence-corrected chi connectivity index (χ3v) is 9.68. The summed E-state index contributed by atoms with van der Waals surface area (Å²) >= 11 is 7.53. The van der Waals surface area contributed by atoms with Gasteiger partial charge in [-0.1, -0.05) is 87.2 Å². The first-order chi connectivity index (χ1) is 14.6. The predicted molar refractivity (Wildman–Crippen MR) is 142 cm³/mol. The van der Waals surface area contributed by atoms with E-state index < -0.39 is 0 Å². The van der Waals surface area contributed by atoms with Crippen LogP contribution in [0.4, 0.5) is 0 Å². The predicted octanol–water partition coefficient (Wildman–Crippen LogP) is 9.14. The van der Waals surface area contributed by atoms with Gasteiger partial charge in [-0.3, -0.25) is 4.79 Å². The Kier molecular flexibility index (Phi) is 5.70. The zero-order valence-electron chi connectivity index (χ0n) is 20.8. The van der Waals surface area contributed by atoms with Crippen molar-refractivity contribution in [2.75, 3.05) is 0 Å². The van der Waals surface area contributed by atoms with Gasteiger partial charge in [0.1, 0.15) is 0 Å². The van der Waals surface area contributed by atoms with Crippen LogP contribution >= 0.6 is 31.9 Å². The average Bonchev–Trinajstić information content (AvgIpc) is 2.68. The first-order valence-corrected chi connectivity index (χ1v) is 13.4. The van der Waals surface area contributed by atoms with Crippen LogP contribution in [0.2, 0.25) is 0 Å². The zero-order chi connectivity index (χ0) is 23.9. The fraction of sp³-hybridized carbons (Fsp3) is 0.552. The Hall–Kier alpha value is -0.930. The molecule has 0 aliphatic heterocycles. The summed E-state index contributed by atoms with van der Waals surface area (Å²) in [5.74, 6) is 0.0905. The van der Waals surface area contributed by atoms with Crippen LogP contribution in [0.15, 0.2) is 33.2 Å². The molecule has 4 rings (SSSR count). The number of carbonyl (C=O) groups is 1. The minimum atomic E-state index is 0.0691. The number of carbonyl (C=O) groups excluding carboxylic acids is 1. The van der Waals surface area contributed by atoms with Crippen LogP contribution in [0.3, 0.4) is 0 Å². The highest BCUT2D eigenvalue weighted by Gasteiger charge is 2.40. The lowest BCUT2D eigenvalue weighted by Crippen LogP contribution is -2.34. The number of halogens is 2. The van der Waals surface area contributed by atoms with Crippen molar-refractivity contribution in [2.45, 2.75) is 103 Å². The molecule has 2 aliphatic carbocycles. The largest absolute Gasteiger partial charge is 0.289 e. The van der Waals surface area contributed by atoms with Gasteiger partial charge in [0.15, 0.2) is 5.78 Å². The Morgan fingerprint density at radius 3 is 1.09 bits per heavy atom. The number of hydrogen-bond donors (Lipinski definition) is 0. The van der Waals surface area contributed by atoms with Crippen LogP contribution in [0.5, 0.6) is 0 Å². The molecule has 2 aliphatic rings. The van der Waals surface area contributed by atoms with E-state index in [1.54, 1.807) is 0 Å². The molecule has 0 amide bonds. The molecule has 0 radical (unpaired) electrons. The smallest absolute Gasteiger partial charge is 0.195 e. The fourth-order valence-corrected chi connectivity index (χ4v) is 6.71. The maximum atomic E-state index is 13.9. The highest BCUT2D eigenvalue weighted by atomic mass is 79.9. The van der Waals surface area contributed by atoms with Gasteiger partial charge < -0.3 is 0 Å². The fourth-order valence-electron chi connectivity index (χ4n) is 5.67. The van der Waals surface area contributed by atoms with E-state index in [0.29, 0.717) is 0 Å². The van der Waals surface area contributed by atoms with Crippen molar-refractivity contribution < 1.29 is 4.79 Å². The summed E-state index contributed by atoms with van der Waals surface area (Å²) < 4.78 is 1.80. The van der Waals surface area contributed by atoms with Crippen molar-refractivity contribution in [3.8, 4) is 0 Å². The molecule has 0 spiro atoms. The molecule has 0 N–H and O–H groups in total. The summed E-state index contributed by atoms with van der Waals surface area (Å²) in [5.41, 5.74) is 7.28. The third kappa shape index (κ3) is 3.86. The van der Waals surface area contributed by atoms with Gasteiger partial charge in [-0.25, -0.2) is 0 Å². The molecule has 2 aromatic carbocycles. The van der Waals surface area contributed by atoms with Gasteiger partial charge in [0, 0.05) is 20.1 Å². The molecule has 0 heterocycles. The van der Waals surface area contributed by atoms with Crippen LogP contribution < -0.4 is 0 Å². The SMILES string of the molecule is CC1(C)CCC(C)(C)c2cc(C(=O)c3cc4c(cc3Br)C(C)(C)CCC4(C)C)c(Br)cc21. The molecule has 0 saturated heterocycles. The molecule has 0 fully saturated rings. The second-order valence-corrected chi connectivity index (χ2v) is 14.3. The van der Waals surface area contributed by atoms with Crippen molar-refractivity contribution in [2.24, 2.45) is 0 Å². The molecular weight excluding hydrogens is 524 g/mol. The Labute approximate surface area is 211 Å². The van der Waals surface area contributed by atoms with Gasteiger partial charge in [0.2, 0.25) is 0 Å². The topological polar surface area (TPSA) is 17.1 Å². The number of rotatable bonds is 2. The third-order valence-electron chi connectivity index (χ3n) is 8.37. The van der Waals surface area contributed by atoms with Gasteiger partial charge in [-0.2, -0.15) is 0 Å². The molecule has 0 bridgehead atoms. The van der Waals surface area contributed by atoms with Crippen LogP contribution in [0, 0.1) is 0 Å². The second-order valence-electron chi connectivity index (χ2n) is 12.6. The lowest BCUT2D eigenvalue weighted by atomic mass is 9.62. The highest BCUT2D eigenvalue weighted by Crippen LogP contribution is 2.49. The van der Waals surface area contributed by atoms with Crippen LogP contribution in [0.1, 0.15) is 119 Å². The standard InChI is InChI=1S/C29H36Br2O/c1-26(2)9-11-28(5,6)21-15-23(30)17(13-19(21)26)25(32)18-14-20-22(16-24(18)31)29(7,8)12-10-27(20,3)4/h13-16H,9-12H2,1-8H3. The first-order valence-electron chi connectivity index (χ1n) is 11.8. The van der Waals surface area contributed by atoms with Crippen molar-refractivity contribution in [3.05, 3.63) is 66.6 Å². The maximum Gasteiger partial charge on any atom is 0.195 e. The van der Waals surface area contributed by atoms with Gasteiger partial charge in [0.05, 0.1) is 0 Å². The lowest BCUT2D eigenvalue weighted by Gasteiger charge is -2.42. The number of fused-ring (bicyclic) bond motifs is 2. The molecular formula is C29H36Br2O. The quantitative estimate of drug-likeness (QED) is 0.335. The monoisotopic (exact) mass is 558 g/mol. The molecule has 3 heteroatoms. The molecule has 2 aromatic rings. The zero-order valence-corrected chi connectivity index (χ0v) is 24.0. The summed E-state index contributed by atoms with van der Waals surface area (Å²) in [6, 6.07) is 8.76. The minimum absolute atomic E-state index is 0.0691. The van der Waals surface area contributed by atoms with Gasteiger partial charge in [-0.05, 0) is 93.9 Å². The van der Waals surface area contributed by atoms with Gasteiger partial charge >= 0.3 is 0 Å². The van der Waals surface area contributed by atoms with E-state index in [-0.39, 0.29) is 27.4 Å². The Morgan fingerprint density at radius 2 is 0.812 bits per heavy atom. The van der Waals surface area contributed by atoms with Crippen molar-refractivity contribution >= 4 is 37.6 Å². The molecule has 1 nitrogen and oxygen atoms in total. The summed E-state index contributed by atoms with van der Waals surface area (Å²) in [4.78, 5) is 13.9. The van der Waals surface area contributed by atoms with Crippen LogP contribution in [0.25, 0.3) is 0 Å². The molecule has 0 atom stereocenters. The molecule has 0 aromatic heterocycles. The van der Waals surface area contributed by atoms with E-state index in [2.05, 4.69) is 112 Å². The molecule has 32 heavy (non-hydrogen) atoms. The van der Waals surface area contributed by atoms with Gasteiger partial charge in [-0.15, -0.1) is 0 Å². The number of ketones is 1. The average molecular weight is 560 g/mol. The second kappa shape index (κ2) is 7.54. The van der Waals surface area contributed by atoms with E-state index in [4.69, 9.17) is 0 Å². The molecule has 172 valence electrons. The Bertz CT molecular complexity index is 1030.